The Bertz CT molecular complexity index is 1070. The lowest BCUT2D eigenvalue weighted by molar-refractivity contribution is 0.396. The standard InChI is InChI=1S/C24H22BF2NO4/c1-29-20-10-4-17(5-11-20)23(28-19-8-14-22(31-3)15-9-19)16-24(32-25(26)27)18-6-12-21(30-2)13-7-18/h4-16H,1-3H3/b24-16-,28-23?. The minimum atomic E-state index is -3.00. The highest BCUT2D eigenvalue weighted by Gasteiger charge is 2.21. The Morgan fingerprint density at radius 3 is 1.56 bits per heavy atom. The van der Waals surface area contributed by atoms with Crippen LogP contribution < -0.4 is 14.2 Å². The van der Waals surface area contributed by atoms with Crippen LogP contribution in [0.4, 0.5) is 14.3 Å². The minimum Gasteiger partial charge on any atom is -0.505 e. The number of aliphatic imine (C=N–C) groups is 1. The summed E-state index contributed by atoms with van der Waals surface area (Å²) in [5, 5.41) is 0. The highest BCUT2D eigenvalue weighted by Crippen LogP contribution is 2.25. The number of rotatable bonds is 9. The highest BCUT2D eigenvalue weighted by molar-refractivity contribution is 6.36. The zero-order chi connectivity index (χ0) is 22.9. The zero-order valence-corrected chi connectivity index (χ0v) is 17.9. The molecule has 0 saturated heterocycles. The van der Waals surface area contributed by atoms with Gasteiger partial charge in [0.05, 0.1) is 32.7 Å². The third-order valence-electron chi connectivity index (χ3n) is 4.57. The van der Waals surface area contributed by atoms with E-state index in [9.17, 15) is 8.63 Å². The molecule has 0 radical (unpaired) electrons. The maximum absolute atomic E-state index is 13.2. The van der Waals surface area contributed by atoms with Crippen LogP contribution in [0.15, 0.2) is 83.9 Å². The molecule has 0 amide bonds. The molecule has 0 N–H and O–H groups in total. The van der Waals surface area contributed by atoms with Gasteiger partial charge in [0.25, 0.3) is 0 Å². The molecule has 0 aliphatic rings. The van der Waals surface area contributed by atoms with Crippen LogP contribution in [-0.2, 0) is 4.65 Å². The predicted octanol–water partition coefficient (Wildman–Crippen LogP) is 5.81. The molecule has 0 unspecified atom stereocenters. The van der Waals surface area contributed by atoms with Crippen molar-refractivity contribution in [2.75, 3.05) is 21.3 Å². The summed E-state index contributed by atoms with van der Waals surface area (Å²) < 4.78 is 46.8. The van der Waals surface area contributed by atoms with E-state index in [-0.39, 0.29) is 5.76 Å². The SMILES string of the molecule is COc1ccc(N=C(/C=C(\OB(F)F)c2ccc(OC)cc2)c2ccc(OC)cc2)cc1. The molecule has 0 aliphatic carbocycles. The summed E-state index contributed by atoms with van der Waals surface area (Å²) in [6.07, 6.45) is 1.49. The molecule has 3 aromatic rings. The van der Waals surface area contributed by atoms with Crippen molar-refractivity contribution in [1.29, 1.82) is 0 Å². The topological polar surface area (TPSA) is 49.3 Å². The smallest absolute Gasteiger partial charge is 0.505 e. The predicted molar refractivity (Wildman–Crippen MR) is 122 cm³/mol. The van der Waals surface area contributed by atoms with E-state index in [1.165, 1.54) is 13.2 Å². The second-order valence-electron chi connectivity index (χ2n) is 6.54. The van der Waals surface area contributed by atoms with E-state index in [0.29, 0.717) is 39.8 Å². The van der Waals surface area contributed by atoms with Crippen LogP contribution >= 0.6 is 0 Å². The van der Waals surface area contributed by atoms with Crippen LogP contribution in [0.5, 0.6) is 17.2 Å². The van der Waals surface area contributed by atoms with Crippen LogP contribution in [0, 0.1) is 0 Å². The van der Waals surface area contributed by atoms with E-state index in [1.807, 2.05) is 0 Å². The lowest BCUT2D eigenvalue weighted by Gasteiger charge is -2.12. The fourth-order valence-corrected chi connectivity index (χ4v) is 2.90. The van der Waals surface area contributed by atoms with Crippen molar-refractivity contribution in [1.82, 2.24) is 0 Å². The second kappa shape index (κ2) is 11.0. The van der Waals surface area contributed by atoms with Crippen molar-refractivity contribution in [3.8, 4) is 17.2 Å². The summed E-state index contributed by atoms with van der Waals surface area (Å²) in [6.45, 7) is 0. The largest absolute Gasteiger partial charge is 0.796 e. The Kier molecular flexibility index (Phi) is 7.86. The molecule has 164 valence electrons. The van der Waals surface area contributed by atoms with E-state index >= 15 is 0 Å². The van der Waals surface area contributed by atoms with Crippen molar-refractivity contribution < 1.29 is 27.5 Å². The van der Waals surface area contributed by atoms with Crippen molar-refractivity contribution in [2.45, 2.75) is 0 Å². The van der Waals surface area contributed by atoms with Crippen LogP contribution in [0.1, 0.15) is 11.1 Å². The molecule has 0 aliphatic heterocycles. The zero-order valence-electron chi connectivity index (χ0n) is 17.9. The summed E-state index contributed by atoms with van der Waals surface area (Å²) in [4.78, 5) is 4.66. The molecular weight excluding hydrogens is 415 g/mol. The number of benzene rings is 3. The van der Waals surface area contributed by atoms with Crippen molar-refractivity contribution in [2.24, 2.45) is 4.99 Å². The molecule has 0 aromatic heterocycles. The molecule has 0 bridgehead atoms. The maximum atomic E-state index is 13.2. The summed E-state index contributed by atoms with van der Waals surface area (Å²) >= 11 is 0. The van der Waals surface area contributed by atoms with Crippen LogP contribution in [0.3, 0.4) is 0 Å². The average Bonchev–Trinajstić information content (AvgIpc) is 2.83. The van der Waals surface area contributed by atoms with Gasteiger partial charge in [-0.05, 0) is 72.8 Å². The Balaban J connectivity index is 2.10. The van der Waals surface area contributed by atoms with Crippen LogP contribution in [-0.4, -0.2) is 34.5 Å². The van der Waals surface area contributed by atoms with Gasteiger partial charge in [0.15, 0.2) is 0 Å². The molecule has 0 spiro atoms. The summed E-state index contributed by atoms with van der Waals surface area (Å²) in [5.74, 6) is 1.93. The van der Waals surface area contributed by atoms with Crippen LogP contribution in [0.25, 0.3) is 5.76 Å². The van der Waals surface area contributed by atoms with Crippen molar-refractivity contribution >= 4 is 24.6 Å². The summed E-state index contributed by atoms with van der Waals surface area (Å²) in [7, 11) is 1.68. The Morgan fingerprint density at radius 2 is 1.12 bits per heavy atom. The van der Waals surface area contributed by atoms with E-state index in [1.54, 1.807) is 87.0 Å². The van der Waals surface area contributed by atoms with E-state index in [4.69, 9.17) is 18.9 Å². The first-order valence-corrected chi connectivity index (χ1v) is 9.70. The number of nitrogens with zero attached hydrogens (tertiary/aromatic N) is 1. The Morgan fingerprint density at radius 1 is 0.688 bits per heavy atom. The molecule has 3 aromatic carbocycles. The van der Waals surface area contributed by atoms with Gasteiger partial charge in [0.1, 0.15) is 23.0 Å². The first-order chi connectivity index (χ1) is 15.5. The molecular formula is C24H22BF2NO4. The number of ether oxygens (including phenoxy) is 3. The average molecular weight is 437 g/mol. The van der Waals surface area contributed by atoms with Gasteiger partial charge in [-0.2, -0.15) is 0 Å². The first-order valence-electron chi connectivity index (χ1n) is 9.70. The summed E-state index contributed by atoms with van der Waals surface area (Å²) in [6, 6.07) is 20.9. The van der Waals surface area contributed by atoms with Gasteiger partial charge in [-0.15, -0.1) is 0 Å². The molecule has 8 heteroatoms. The normalized spacial score (nSPS) is 11.7. The van der Waals surface area contributed by atoms with Crippen molar-refractivity contribution in [3.63, 3.8) is 0 Å². The third kappa shape index (κ3) is 6.10. The lowest BCUT2D eigenvalue weighted by atomic mass is 10.1. The molecule has 0 fully saturated rings. The fraction of sp³-hybridized carbons (Fsp3) is 0.125. The van der Waals surface area contributed by atoms with E-state index < -0.39 is 7.47 Å². The molecule has 0 saturated carbocycles. The Hall–Kier alpha value is -3.81. The van der Waals surface area contributed by atoms with Gasteiger partial charge in [-0.25, -0.2) is 13.6 Å². The monoisotopic (exact) mass is 437 g/mol. The molecule has 0 atom stereocenters. The molecule has 5 nitrogen and oxygen atoms in total. The highest BCUT2D eigenvalue weighted by atomic mass is 19.2. The van der Waals surface area contributed by atoms with E-state index in [2.05, 4.69) is 4.99 Å². The number of methoxy groups -OCH3 is 3. The van der Waals surface area contributed by atoms with Gasteiger partial charge in [-0.3, -0.25) is 0 Å². The van der Waals surface area contributed by atoms with E-state index in [0.717, 1.165) is 0 Å². The number of hydrogen-bond donors (Lipinski definition) is 0. The lowest BCUT2D eigenvalue weighted by Crippen LogP contribution is -2.07. The number of hydrogen-bond acceptors (Lipinski definition) is 5. The van der Waals surface area contributed by atoms with Gasteiger partial charge < -0.3 is 18.9 Å². The molecule has 0 heterocycles. The maximum Gasteiger partial charge on any atom is 0.796 e. The summed E-state index contributed by atoms with van der Waals surface area (Å²) in [5.41, 5.74) is 2.22. The van der Waals surface area contributed by atoms with Gasteiger partial charge in [-0.1, -0.05) is 0 Å². The van der Waals surface area contributed by atoms with Gasteiger partial charge in [0.2, 0.25) is 0 Å². The second-order valence-corrected chi connectivity index (χ2v) is 6.54. The molecule has 32 heavy (non-hydrogen) atoms. The Labute approximate surface area is 186 Å². The first kappa shape index (κ1) is 22.9. The third-order valence-corrected chi connectivity index (χ3v) is 4.57. The fourth-order valence-electron chi connectivity index (χ4n) is 2.90. The van der Waals surface area contributed by atoms with Crippen LogP contribution in [0.2, 0.25) is 0 Å². The van der Waals surface area contributed by atoms with Gasteiger partial charge >= 0.3 is 7.47 Å². The number of halogens is 2. The number of allylic oxidation sites excluding steroid dienone is 1. The minimum absolute atomic E-state index is 0.0225. The van der Waals surface area contributed by atoms with Gasteiger partial charge in [0, 0.05) is 17.2 Å². The quantitative estimate of drug-likeness (QED) is 0.241. The van der Waals surface area contributed by atoms with Crippen molar-refractivity contribution in [3.05, 3.63) is 90.0 Å². The molecule has 3 rings (SSSR count).